The summed E-state index contributed by atoms with van der Waals surface area (Å²) in [4.78, 5) is 42.3. The van der Waals surface area contributed by atoms with Crippen molar-refractivity contribution in [2.24, 2.45) is 10.7 Å². The van der Waals surface area contributed by atoms with Gasteiger partial charge in [0.15, 0.2) is 5.78 Å². The monoisotopic (exact) mass is 536 g/mol. The van der Waals surface area contributed by atoms with Crippen molar-refractivity contribution < 1.29 is 9.59 Å². The van der Waals surface area contributed by atoms with Crippen LogP contribution in [0.2, 0.25) is 0 Å². The van der Waals surface area contributed by atoms with Gasteiger partial charge in [-0.25, -0.2) is 9.97 Å². The number of aromatic nitrogens is 2. The molecule has 38 heavy (non-hydrogen) atoms. The molecule has 2 aliphatic rings. The number of rotatable bonds is 5. The Morgan fingerprint density at radius 2 is 1.58 bits per heavy atom. The average Bonchev–Trinajstić information content (AvgIpc) is 2.88. The minimum Gasteiger partial charge on any atom is -0.368 e. The molecule has 0 saturated carbocycles. The largest absolute Gasteiger partial charge is 0.368 e. The molecule has 0 radical (unpaired) electrons. The van der Waals surface area contributed by atoms with Crippen molar-refractivity contribution in [3.8, 4) is 0 Å². The van der Waals surface area contributed by atoms with Gasteiger partial charge < -0.3 is 16.0 Å². The van der Waals surface area contributed by atoms with Crippen LogP contribution in [0.5, 0.6) is 0 Å². The van der Waals surface area contributed by atoms with Crippen molar-refractivity contribution in [1.29, 1.82) is 0 Å². The Morgan fingerprint density at radius 3 is 2.13 bits per heavy atom. The zero-order valence-corrected chi connectivity index (χ0v) is 23.1. The van der Waals surface area contributed by atoms with Gasteiger partial charge in [0.1, 0.15) is 5.54 Å². The third-order valence-electron chi connectivity index (χ3n) is 7.27. The summed E-state index contributed by atoms with van der Waals surface area (Å²) < 4.78 is 0. The summed E-state index contributed by atoms with van der Waals surface area (Å²) in [5, 5.41) is 6.62. The number of thiocarbonyl (C=S) groups is 1. The molecule has 1 aromatic heterocycles. The van der Waals surface area contributed by atoms with Crippen LogP contribution in [0.15, 0.2) is 35.3 Å². The van der Waals surface area contributed by atoms with Gasteiger partial charge in [-0.2, -0.15) is 4.99 Å². The molecule has 2 fully saturated rings. The number of amides is 1. The fraction of sp³-hybridized carbons (Fsp3) is 0.481. The van der Waals surface area contributed by atoms with Gasteiger partial charge in [0.25, 0.3) is 0 Å². The number of likely N-dealkylation sites (tertiary alicyclic amines) is 2. The number of piperidine rings is 2. The minimum atomic E-state index is -0.643. The van der Waals surface area contributed by atoms with E-state index in [2.05, 4.69) is 35.4 Å². The van der Waals surface area contributed by atoms with Crippen molar-refractivity contribution >= 4 is 46.6 Å². The molecule has 2 aliphatic heterocycles. The number of ketones is 1. The van der Waals surface area contributed by atoms with Crippen molar-refractivity contribution in [2.75, 3.05) is 36.8 Å². The number of benzene rings is 1. The predicted molar refractivity (Wildman–Crippen MR) is 153 cm³/mol. The highest BCUT2D eigenvalue weighted by Crippen LogP contribution is 2.32. The van der Waals surface area contributed by atoms with E-state index >= 15 is 0 Å². The highest BCUT2D eigenvalue weighted by atomic mass is 32.1. The lowest BCUT2D eigenvalue weighted by molar-refractivity contribution is -0.134. The SMILES string of the molecule is CC(=O)c1ccc(NC(=S)/N=C(/Nc2nc(C)cc(C)n2)N2CCC(C(N)=O)(N3CCCCC3)CC2)cc1. The second-order valence-electron chi connectivity index (χ2n) is 10.0. The number of aryl methyl sites for hydroxylation is 2. The molecule has 11 heteroatoms. The first-order valence-corrected chi connectivity index (χ1v) is 13.5. The predicted octanol–water partition coefficient (Wildman–Crippen LogP) is 3.27. The number of nitrogens with one attached hydrogen (secondary N) is 2. The van der Waals surface area contributed by atoms with E-state index in [1.165, 1.54) is 13.3 Å². The summed E-state index contributed by atoms with van der Waals surface area (Å²) in [6.45, 7) is 8.30. The highest BCUT2D eigenvalue weighted by molar-refractivity contribution is 7.80. The number of anilines is 2. The molecule has 4 N–H and O–H groups in total. The molecule has 0 atom stereocenters. The Hall–Kier alpha value is -3.44. The molecular weight excluding hydrogens is 500 g/mol. The Bertz CT molecular complexity index is 1200. The van der Waals surface area contributed by atoms with Crippen LogP contribution in [0.1, 0.15) is 60.8 Å². The standard InChI is InChI=1S/C27H36N8O2S/c1-18-17-19(2)30-24(29-18)32-25(33-26(38)31-22-9-7-21(8-10-22)20(3)36)34-15-11-27(12-16-34,23(28)37)35-13-5-4-6-14-35/h7-10,17H,4-6,11-16H2,1-3H3,(H2,28,37)(H2,29,30,31,32,33,38). The molecule has 0 aliphatic carbocycles. The number of carbonyl (C=O) groups is 2. The number of Topliss-reactive ketones (excluding diaryl/α,β-unsaturated/α-hetero) is 1. The van der Waals surface area contributed by atoms with Crippen LogP contribution >= 0.6 is 12.2 Å². The molecule has 2 saturated heterocycles. The average molecular weight is 537 g/mol. The molecule has 1 amide bonds. The second-order valence-corrected chi connectivity index (χ2v) is 10.4. The summed E-state index contributed by atoms with van der Waals surface area (Å²) in [7, 11) is 0. The Balaban J connectivity index is 1.55. The lowest BCUT2D eigenvalue weighted by Crippen LogP contribution is -2.64. The van der Waals surface area contributed by atoms with Crippen LogP contribution in [0, 0.1) is 13.8 Å². The molecular formula is C27H36N8O2S. The van der Waals surface area contributed by atoms with E-state index in [1.807, 2.05) is 19.9 Å². The maximum absolute atomic E-state index is 12.7. The first kappa shape index (κ1) is 27.6. The topological polar surface area (TPSA) is 129 Å². The van der Waals surface area contributed by atoms with Gasteiger partial charge in [0.05, 0.1) is 0 Å². The molecule has 0 bridgehead atoms. The molecule has 2 aromatic rings. The van der Waals surface area contributed by atoms with Crippen molar-refractivity contribution in [2.45, 2.75) is 58.4 Å². The fourth-order valence-electron chi connectivity index (χ4n) is 5.22. The molecule has 3 heterocycles. The number of nitrogens with zero attached hydrogens (tertiary/aromatic N) is 5. The molecule has 10 nitrogen and oxygen atoms in total. The number of guanidine groups is 1. The number of nitrogens with two attached hydrogens (primary N) is 1. The smallest absolute Gasteiger partial charge is 0.238 e. The van der Waals surface area contributed by atoms with Crippen LogP contribution in [-0.4, -0.2) is 74.2 Å². The number of hydrogen-bond acceptors (Lipinski definition) is 6. The highest BCUT2D eigenvalue weighted by Gasteiger charge is 2.45. The van der Waals surface area contributed by atoms with E-state index in [4.69, 9.17) is 18.0 Å². The van der Waals surface area contributed by atoms with E-state index in [0.29, 0.717) is 43.4 Å². The van der Waals surface area contributed by atoms with E-state index in [-0.39, 0.29) is 16.8 Å². The third kappa shape index (κ3) is 6.51. The summed E-state index contributed by atoms with van der Waals surface area (Å²) in [5.74, 6) is 0.676. The molecule has 202 valence electrons. The van der Waals surface area contributed by atoms with Gasteiger partial charge in [0, 0.05) is 35.7 Å². The van der Waals surface area contributed by atoms with Crippen LogP contribution in [0.25, 0.3) is 0 Å². The molecule has 1 aromatic carbocycles. The van der Waals surface area contributed by atoms with Gasteiger partial charge in [-0.1, -0.05) is 6.42 Å². The van der Waals surface area contributed by atoms with Crippen LogP contribution in [0.3, 0.4) is 0 Å². The maximum atomic E-state index is 12.7. The minimum absolute atomic E-state index is 0.00114. The van der Waals surface area contributed by atoms with E-state index in [0.717, 1.165) is 43.0 Å². The van der Waals surface area contributed by atoms with Gasteiger partial charge in [0.2, 0.25) is 22.9 Å². The third-order valence-corrected chi connectivity index (χ3v) is 7.46. The Kier molecular flexibility index (Phi) is 8.68. The van der Waals surface area contributed by atoms with Gasteiger partial charge in [-0.15, -0.1) is 0 Å². The molecule has 0 unspecified atom stereocenters. The van der Waals surface area contributed by atoms with Crippen LogP contribution < -0.4 is 16.4 Å². The first-order valence-electron chi connectivity index (χ1n) is 13.1. The second kappa shape index (κ2) is 12.0. The lowest BCUT2D eigenvalue weighted by Gasteiger charge is -2.48. The van der Waals surface area contributed by atoms with E-state index < -0.39 is 5.54 Å². The number of primary amides is 1. The quantitative estimate of drug-likeness (QED) is 0.228. The number of carbonyl (C=O) groups excluding carboxylic acids is 2. The normalized spacial score (nSPS) is 18.1. The first-order chi connectivity index (χ1) is 18.2. The zero-order chi connectivity index (χ0) is 27.3. The number of aliphatic imine (C=N–C) groups is 1. The van der Waals surface area contributed by atoms with Crippen molar-refractivity contribution in [3.63, 3.8) is 0 Å². The van der Waals surface area contributed by atoms with Crippen molar-refractivity contribution in [1.82, 2.24) is 19.8 Å². The molecule has 0 spiro atoms. The van der Waals surface area contributed by atoms with Gasteiger partial charge in [-0.05, 0) is 102 Å². The van der Waals surface area contributed by atoms with Crippen molar-refractivity contribution in [3.05, 3.63) is 47.3 Å². The summed E-state index contributed by atoms with van der Waals surface area (Å²) in [6.07, 6.45) is 4.57. The summed E-state index contributed by atoms with van der Waals surface area (Å²) in [5.41, 5.74) is 8.37. The summed E-state index contributed by atoms with van der Waals surface area (Å²) >= 11 is 5.57. The Morgan fingerprint density at radius 1 is 0.974 bits per heavy atom. The van der Waals surface area contributed by atoms with Gasteiger partial charge >= 0.3 is 0 Å². The lowest BCUT2D eigenvalue weighted by atomic mass is 9.83. The maximum Gasteiger partial charge on any atom is 0.238 e. The Labute approximate surface area is 229 Å². The van der Waals surface area contributed by atoms with E-state index in [1.54, 1.807) is 24.3 Å². The zero-order valence-electron chi connectivity index (χ0n) is 22.3. The fourth-order valence-corrected chi connectivity index (χ4v) is 5.43. The van der Waals surface area contributed by atoms with Crippen LogP contribution in [-0.2, 0) is 4.79 Å². The molecule has 4 rings (SSSR count). The summed E-state index contributed by atoms with van der Waals surface area (Å²) in [6, 6.07) is 8.97. The van der Waals surface area contributed by atoms with E-state index in [9.17, 15) is 9.59 Å². The van der Waals surface area contributed by atoms with Crippen LogP contribution in [0.4, 0.5) is 11.6 Å². The number of hydrogen-bond donors (Lipinski definition) is 3. The van der Waals surface area contributed by atoms with Gasteiger partial charge in [-0.3, -0.25) is 19.8 Å².